The summed E-state index contributed by atoms with van der Waals surface area (Å²) in [6.45, 7) is 1.17. The van der Waals surface area contributed by atoms with Crippen LogP contribution < -0.4 is 0 Å². The van der Waals surface area contributed by atoms with Crippen molar-refractivity contribution in [1.82, 2.24) is 24.6 Å². The number of hydrogen-bond acceptors (Lipinski definition) is 4. The lowest BCUT2D eigenvalue weighted by molar-refractivity contribution is -0.142. The topological polar surface area (TPSA) is 71.3 Å². The Balaban J connectivity index is 1.92. The zero-order valence-corrected chi connectivity index (χ0v) is 11.3. The monoisotopic (exact) mass is 265 g/mol. The van der Waals surface area contributed by atoms with Gasteiger partial charge in [0.2, 0.25) is 11.8 Å². The van der Waals surface area contributed by atoms with Crippen LogP contribution in [0.25, 0.3) is 0 Å². The fourth-order valence-electron chi connectivity index (χ4n) is 2.32. The van der Waals surface area contributed by atoms with E-state index in [0.29, 0.717) is 19.5 Å². The number of hydrogen-bond donors (Lipinski definition) is 0. The van der Waals surface area contributed by atoms with E-state index in [2.05, 4.69) is 10.1 Å². The molecule has 1 aromatic rings. The smallest absolute Gasteiger partial charge is 0.244 e. The maximum absolute atomic E-state index is 12.2. The Morgan fingerprint density at radius 3 is 2.84 bits per heavy atom. The van der Waals surface area contributed by atoms with Crippen LogP contribution in [0.5, 0.6) is 0 Å². The SMILES string of the molecule is CN(C)C(=O)C1CCCN1C(=O)CCn1cncn1. The van der Waals surface area contributed by atoms with E-state index >= 15 is 0 Å². The summed E-state index contributed by atoms with van der Waals surface area (Å²) < 4.78 is 1.62. The van der Waals surface area contributed by atoms with Gasteiger partial charge in [-0.2, -0.15) is 5.10 Å². The van der Waals surface area contributed by atoms with Crippen LogP contribution in [-0.2, 0) is 16.1 Å². The molecule has 0 spiro atoms. The maximum Gasteiger partial charge on any atom is 0.244 e. The summed E-state index contributed by atoms with van der Waals surface area (Å²) in [6, 6.07) is -0.293. The van der Waals surface area contributed by atoms with E-state index in [1.807, 2.05) is 0 Å². The van der Waals surface area contributed by atoms with Crippen LogP contribution in [0.4, 0.5) is 0 Å². The lowest BCUT2D eigenvalue weighted by Gasteiger charge is -2.26. The molecule has 0 saturated carbocycles. The highest BCUT2D eigenvalue weighted by molar-refractivity contribution is 5.88. The van der Waals surface area contributed by atoms with E-state index in [1.54, 1.807) is 34.9 Å². The zero-order chi connectivity index (χ0) is 13.8. The summed E-state index contributed by atoms with van der Waals surface area (Å²) >= 11 is 0. The summed E-state index contributed by atoms with van der Waals surface area (Å²) in [7, 11) is 3.44. The maximum atomic E-state index is 12.2. The molecule has 1 aliphatic heterocycles. The Kier molecular flexibility index (Phi) is 4.13. The molecule has 1 unspecified atom stereocenters. The average molecular weight is 265 g/mol. The third kappa shape index (κ3) is 3.10. The van der Waals surface area contributed by atoms with E-state index in [4.69, 9.17) is 0 Å². The van der Waals surface area contributed by atoms with E-state index in [1.165, 1.54) is 6.33 Å². The molecule has 7 heteroatoms. The summed E-state index contributed by atoms with van der Waals surface area (Å²) in [6.07, 6.45) is 5.02. The van der Waals surface area contributed by atoms with Crippen molar-refractivity contribution >= 4 is 11.8 Å². The highest BCUT2D eigenvalue weighted by Gasteiger charge is 2.34. The van der Waals surface area contributed by atoms with Crippen LogP contribution in [0.15, 0.2) is 12.7 Å². The second kappa shape index (κ2) is 5.81. The molecule has 0 aliphatic carbocycles. The van der Waals surface area contributed by atoms with Gasteiger partial charge in [0.15, 0.2) is 0 Å². The predicted octanol–water partition coefficient (Wildman–Crippen LogP) is -0.253. The molecule has 0 N–H and O–H groups in total. The van der Waals surface area contributed by atoms with Crippen molar-refractivity contribution in [2.75, 3.05) is 20.6 Å². The first-order chi connectivity index (χ1) is 9.09. The normalized spacial score (nSPS) is 18.6. The Hall–Kier alpha value is -1.92. The molecule has 0 bridgehead atoms. The van der Waals surface area contributed by atoms with Crippen LogP contribution in [0, 0.1) is 0 Å². The molecular formula is C12H19N5O2. The second-order valence-corrected chi connectivity index (χ2v) is 4.89. The van der Waals surface area contributed by atoms with Crippen LogP contribution in [0.3, 0.4) is 0 Å². The number of nitrogens with zero attached hydrogens (tertiary/aromatic N) is 5. The Morgan fingerprint density at radius 2 is 2.21 bits per heavy atom. The van der Waals surface area contributed by atoms with Crippen LogP contribution >= 0.6 is 0 Å². The van der Waals surface area contributed by atoms with E-state index in [-0.39, 0.29) is 17.9 Å². The third-order valence-corrected chi connectivity index (χ3v) is 3.32. The van der Waals surface area contributed by atoms with Gasteiger partial charge >= 0.3 is 0 Å². The average Bonchev–Trinajstić information content (AvgIpc) is 3.05. The molecule has 1 saturated heterocycles. The number of carbonyl (C=O) groups is 2. The Bertz CT molecular complexity index is 443. The van der Waals surface area contributed by atoms with Crippen molar-refractivity contribution in [2.24, 2.45) is 0 Å². The molecule has 104 valence electrons. The molecule has 1 aliphatic rings. The van der Waals surface area contributed by atoms with Crippen molar-refractivity contribution < 1.29 is 9.59 Å². The van der Waals surface area contributed by atoms with Crippen molar-refractivity contribution in [1.29, 1.82) is 0 Å². The number of aromatic nitrogens is 3. The van der Waals surface area contributed by atoms with Crippen molar-refractivity contribution in [3.63, 3.8) is 0 Å². The summed E-state index contributed by atoms with van der Waals surface area (Å²) in [5, 5.41) is 3.96. The number of rotatable bonds is 4. The first-order valence-electron chi connectivity index (χ1n) is 6.42. The standard InChI is InChI=1S/C12H19N5O2/c1-15(2)12(19)10-4-3-6-17(10)11(18)5-7-16-9-13-8-14-16/h8-10H,3-7H2,1-2H3. The lowest BCUT2D eigenvalue weighted by atomic mass is 10.2. The molecule has 2 rings (SSSR count). The molecule has 2 amide bonds. The first-order valence-corrected chi connectivity index (χ1v) is 6.42. The molecule has 7 nitrogen and oxygen atoms in total. The summed E-state index contributed by atoms with van der Waals surface area (Å²) in [4.78, 5) is 31.2. The summed E-state index contributed by atoms with van der Waals surface area (Å²) in [5.74, 6) is 0.0137. The van der Waals surface area contributed by atoms with E-state index in [9.17, 15) is 9.59 Å². The largest absolute Gasteiger partial charge is 0.347 e. The van der Waals surface area contributed by atoms with Crippen molar-refractivity contribution in [3.8, 4) is 0 Å². The number of likely N-dealkylation sites (N-methyl/N-ethyl adjacent to an activating group) is 1. The summed E-state index contributed by atoms with van der Waals surface area (Å²) in [5.41, 5.74) is 0. The van der Waals surface area contributed by atoms with Crippen LogP contribution in [-0.4, -0.2) is 63.1 Å². The highest BCUT2D eigenvalue weighted by atomic mass is 16.2. The molecule has 1 atom stereocenters. The van der Waals surface area contributed by atoms with Crippen molar-refractivity contribution in [3.05, 3.63) is 12.7 Å². The molecule has 1 aromatic heterocycles. The quantitative estimate of drug-likeness (QED) is 0.752. The second-order valence-electron chi connectivity index (χ2n) is 4.89. The number of carbonyl (C=O) groups excluding carboxylic acids is 2. The van der Waals surface area contributed by atoms with Gasteiger partial charge in [0.1, 0.15) is 18.7 Å². The Morgan fingerprint density at radius 1 is 1.42 bits per heavy atom. The third-order valence-electron chi connectivity index (χ3n) is 3.32. The Labute approximate surface area is 112 Å². The number of aryl methyl sites for hydroxylation is 1. The van der Waals surface area contributed by atoms with Gasteiger partial charge in [-0.1, -0.05) is 0 Å². The molecule has 2 heterocycles. The number of likely N-dealkylation sites (tertiary alicyclic amines) is 1. The minimum Gasteiger partial charge on any atom is -0.347 e. The minimum atomic E-state index is -0.293. The molecular weight excluding hydrogens is 246 g/mol. The van der Waals surface area contributed by atoms with Gasteiger partial charge in [0.05, 0.1) is 6.54 Å². The van der Waals surface area contributed by atoms with Crippen LogP contribution in [0.2, 0.25) is 0 Å². The van der Waals surface area contributed by atoms with Gasteiger partial charge in [-0.05, 0) is 12.8 Å². The molecule has 1 fully saturated rings. The van der Waals surface area contributed by atoms with E-state index < -0.39 is 0 Å². The minimum absolute atomic E-state index is 0.00612. The fraction of sp³-hybridized carbons (Fsp3) is 0.667. The van der Waals surface area contributed by atoms with Gasteiger partial charge in [-0.25, -0.2) is 4.98 Å². The zero-order valence-electron chi connectivity index (χ0n) is 11.3. The van der Waals surface area contributed by atoms with E-state index in [0.717, 1.165) is 12.8 Å². The van der Waals surface area contributed by atoms with Gasteiger partial charge in [-0.15, -0.1) is 0 Å². The fourth-order valence-corrected chi connectivity index (χ4v) is 2.32. The first kappa shape index (κ1) is 13.5. The van der Waals surface area contributed by atoms with Gasteiger partial charge in [0.25, 0.3) is 0 Å². The van der Waals surface area contributed by atoms with Crippen molar-refractivity contribution in [2.45, 2.75) is 31.8 Å². The number of amides is 2. The molecule has 19 heavy (non-hydrogen) atoms. The lowest BCUT2D eigenvalue weighted by Crippen LogP contribution is -2.45. The van der Waals surface area contributed by atoms with Gasteiger partial charge in [0, 0.05) is 27.1 Å². The highest BCUT2D eigenvalue weighted by Crippen LogP contribution is 2.19. The van der Waals surface area contributed by atoms with Gasteiger partial charge < -0.3 is 9.80 Å². The van der Waals surface area contributed by atoms with Gasteiger partial charge in [-0.3, -0.25) is 14.3 Å². The van der Waals surface area contributed by atoms with Crippen LogP contribution in [0.1, 0.15) is 19.3 Å². The molecule has 0 aromatic carbocycles. The molecule has 0 radical (unpaired) electrons. The predicted molar refractivity (Wildman–Crippen MR) is 68.1 cm³/mol.